The molecule has 0 spiro atoms. The molecular formula is C13H17ClFN3O3. The molecule has 1 aromatic rings. The number of nitrogens with zero attached hydrogens (tertiary/aromatic N) is 2. The topological polar surface area (TPSA) is 89.5 Å². The van der Waals surface area contributed by atoms with Crippen molar-refractivity contribution in [2.24, 2.45) is 11.7 Å². The molecule has 6 nitrogen and oxygen atoms in total. The van der Waals surface area contributed by atoms with Gasteiger partial charge in [-0.1, -0.05) is 6.92 Å². The van der Waals surface area contributed by atoms with Gasteiger partial charge in [-0.15, -0.1) is 12.4 Å². The monoisotopic (exact) mass is 317 g/mol. The zero-order chi connectivity index (χ0) is 14.9. The number of nitro groups is 1. The summed E-state index contributed by atoms with van der Waals surface area (Å²) in [5.41, 5.74) is 5.30. The molecule has 21 heavy (non-hydrogen) atoms. The number of hydrogen-bond donors (Lipinski definition) is 1. The van der Waals surface area contributed by atoms with Crippen molar-refractivity contribution in [2.75, 3.05) is 13.1 Å². The highest BCUT2D eigenvalue weighted by Crippen LogP contribution is 2.24. The molecule has 0 aliphatic carbocycles. The van der Waals surface area contributed by atoms with E-state index in [0.29, 0.717) is 19.5 Å². The van der Waals surface area contributed by atoms with Crippen LogP contribution >= 0.6 is 12.4 Å². The third kappa shape index (κ3) is 3.68. The quantitative estimate of drug-likeness (QED) is 0.667. The second-order valence-electron chi connectivity index (χ2n) is 5.10. The van der Waals surface area contributed by atoms with Gasteiger partial charge < -0.3 is 10.6 Å². The molecule has 1 amide bonds. The minimum atomic E-state index is -0.741. The fraction of sp³-hybridized carbons (Fsp3) is 0.462. The summed E-state index contributed by atoms with van der Waals surface area (Å²) in [6.07, 6.45) is 0.655. The standard InChI is InChI=1S/C13H16FN3O3.ClH/c1-8-7-16(5-4-11(8)15)13(18)10-3-2-9(14)6-12(10)17(19)20;/h2-3,6,8,11H,4-5,7,15H2,1H3;1H. The lowest BCUT2D eigenvalue weighted by molar-refractivity contribution is -0.385. The van der Waals surface area contributed by atoms with E-state index in [1.54, 1.807) is 0 Å². The highest BCUT2D eigenvalue weighted by Gasteiger charge is 2.30. The van der Waals surface area contributed by atoms with Crippen LogP contribution in [-0.2, 0) is 0 Å². The van der Waals surface area contributed by atoms with Gasteiger partial charge in [0.15, 0.2) is 0 Å². The Morgan fingerprint density at radius 3 is 2.76 bits per heavy atom. The Morgan fingerprint density at radius 1 is 1.52 bits per heavy atom. The number of hydrogen-bond acceptors (Lipinski definition) is 4. The average molecular weight is 318 g/mol. The van der Waals surface area contributed by atoms with Crippen LogP contribution in [-0.4, -0.2) is 34.9 Å². The fourth-order valence-electron chi connectivity index (χ4n) is 2.36. The van der Waals surface area contributed by atoms with Gasteiger partial charge in [0.05, 0.1) is 11.0 Å². The third-order valence-electron chi connectivity index (χ3n) is 3.65. The van der Waals surface area contributed by atoms with Crippen LogP contribution in [0.4, 0.5) is 10.1 Å². The van der Waals surface area contributed by atoms with Crippen molar-refractivity contribution in [2.45, 2.75) is 19.4 Å². The molecule has 1 fully saturated rings. The Kier molecular flexibility index (Phi) is 5.62. The minimum Gasteiger partial charge on any atom is -0.338 e. The van der Waals surface area contributed by atoms with E-state index >= 15 is 0 Å². The largest absolute Gasteiger partial charge is 0.338 e. The maximum Gasteiger partial charge on any atom is 0.285 e. The molecule has 1 aliphatic heterocycles. The van der Waals surface area contributed by atoms with Gasteiger partial charge in [0.2, 0.25) is 0 Å². The summed E-state index contributed by atoms with van der Waals surface area (Å²) >= 11 is 0. The zero-order valence-corrected chi connectivity index (χ0v) is 12.3. The number of carbonyl (C=O) groups is 1. The number of nitrogens with two attached hydrogens (primary N) is 1. The normalized spacial score (nSPS) is 21.6. The summed E-state index contributed by atoms with van der Waals surface area (Å²) in [5, 5.41) is 10.9. The molecule has 0 radical (unpaired) electrons. The first-order valence-electron chi connectivity index (χ1n) is 6.39. The van der Waals surface area contributed by atoms with Gasteiger partial charge in [0.1, 0.15) is 11.4 Å². The minimum absolute atomic E-state index is 0. The fourth-order valence-corrected chi connectivity index (χ4v) is 2.36. The summed E-state index contributed by atoms with van der Waals surface area (Å²) in [5.74, 6) is -1.05. The maximum absolute atomic E-state index is 13.1. The van der Waals surface area contributed by atoms with E-state index < -0.39 is 22.3 Å². The van der Waals surface area contributed by atoms with E-state index in [1.165, 1.54) is 4.90 Å². The molecule has 0 bridgehead atoms. The number of likely N-dealkylation sites (tertiary alicyclic amines) is 1. The van der Waals surface area contributed by atoms with Crippen molar-refractivity contribution < 1.29 is 14.1 Å². The van der Waals surface area contributed by atoms with Crippen LogP contribution in [0.15, 0.2) is 18.2 Å². The SMILES string of the molecule is CC1CN(C(=O)c2ccc(F)cc2[N+](=O)[O-])CCC1N.Cl. The number of benzene rings is 1. The summed E-state index contributed by atoms with van der Waals surface area (Å²) in [4.78, 5) is 24.1. The van der Waals surface area contributed by atoms with E-state index in [9.17, 15) is 19.3 Å². The molecule has 2 rings (SSSR count). The smallest absolute Gasteiger partial charge is 0.285 e. The molecule has 116 valence electrons. The summed E-state index contributed by atoms with van der Waals surface area (Å²) in [6, 6.07) is 3.02. The summed E-state index contributed by atoms with van der Waals surface area (Å²) < 4.78 is 13.1. The van der Waals surface area contributed by atoms with E-state index in [-0.39, 0.29) is 29.9 Å². The Bertz CT molecular complexity index is 555. The molecule has 0 saturated carbocycles. The summed E-state index contributed by atoms with van der Waals surface area (Å²) in [6.45, 7) is 2.84. The molecule has 0 aromatic heterocycles. The molecule has 2 unspecified atom stereocenters. The van der Waals surface area contributed by atoms with Crippen LogP contribution in [0.2, 0.25) is 0 Å². The van der Waals surface area contributed by atoms with Crippen LogP contribution in [0.3, 0.4) is 0 Å². The molecule has 1 aromatic carbocycles. The first-order valence-corrected chi connectivity index (χ1v) is 6.39. The first-order chi connectivity index (χ1) is 9.40. The van der Waals surface area contributed by atoms with Crippen LogP contribution < -0.4 is 5.73 Å². The lowest BCUT2D eigenvalue weighted by Crippen LogP contribution is -2.48. The van der Waals surface area contributed by atoms with Crippen molar-refractivity contribution >= 4 is 24.0 Å². The number of carbonyl (C=O) groups excluding carboxylic acids is 1. The van der Waals surface area contributed by atoms with Gasteiger partial charge in [-0.05, 0) is 24.5 Å². The molecular weight excluding hydrogens is 301 g/mol. The predicted octanol–water partition coefficient (Wildman–Crippen LogP) is 1.96. The van der Waals surface area contributed by atoms with Crippen molar-refractivity contribution in [3.8, 4) is 0 Å². The van der Waals surface area contributed by atoms with E-state index in [1.807, 2.05) is 6.92 Å². The van der Waals surface area contributed by atoms with E-state index in [0.717, 1.165) is 18.2 Å². The molecule has 1 heterocycles. The number of nitro benzene ring substituents is 1. The average Bonchev–Trinajstić information content (AvgIpc) is 2.41. The van der Waals surface area contributed by atoms with Gasteiger partial charge in [-0.2, -0.15) is 0 Å². The molecule has 8 heteroatoms. The Morgan fingerprint density at radius 2 is 2.19 bits per heavy atom. The number of rotatable bonds is 2. The summed E-state index contributed by atoms with van der Waals surface area (Å²) in [7, 11) is 0. The van der Waals surface area contributed by atoms with Crippen molar-refractivity contribution in [1.29, 1.82) is 0 Å². The van der Waals surface area contributed by atoms with Gasteiger partial charge in [0, 0.05) is 19.1 Å². The third-order valence-corrected chi connectivity index (χ3v) is 3.65. The van der Waals surface area contributed by atoms with Crippen LogP contribution in [0.5, 0.6) is 0 Å². The first kappa shape index (κ1) is 17.3. The number of halogens is 2. The van der Waals surface area contributed by atoms with E-state index in [4.69, 9.17) is 5.73 Å². The molecule has 1 aliphatic rings. The second kappa shape index (κ2) is 6.82. The van der Waals surface area contributed by atoms with Crippen molar-refractivity contribution in [1.82, 2.24) is 4.90 Å². The van der Waals surface area contributed by atoms with Gasteiger partial charge in [0.25, 0.3) is 11.6 Å². The van der Waals surface area contributed by atoms with Crippen LogP contribution in [0, 0.1) is 21.8 Å². The zero-order valence-electron chi connectivity index (χ0n) is 11.5. The Balaban J connectivity index is 0.00000220. The van der Waals surface area contributed by atoms with Gasteiger partial charge >= 0.3 is 0 Å². The predicted molar refractivity (Wildman–Crippen MR) is 78.0 cm³/mol. The van der Waals surface area contributed by atoms with Crippen LogP contribution in [0.1, 0.15) is 23.7 Å². The Labute approximate surface area is 127 Å². The lowest BCUT2D eigenvalue weighted by Gasteiger charge is -2.35. The number of piperidine rings is 1. The molecule has 2 atom stereocenters. The number of amides is 1. The van der Waals surface area contributed by atoms with Crippen LogP contribution in [0.25, 0.3) is 0 Å². The lowest BCUT2D eigenvalue weighted by atomic mass is 9.94. The molecule has 2 N–H and O–H groups in total. The maximum atomic E-state index is 13.1. The van der Waals surface area contributed by atoms with Gasteiger partial charge in [-0.3, -0.25) is 14.9 Å². The highest BCUT2D eigenvalue weighted by atomic mass is 35.5. The van der Waals surface area contributed by atoms with Crippen molar-refractivity contribution in [3.63, 3.8) is 0 Å². The Hall–Kier alpha value is -1.73. The van der Waals surface area contributed by atoms with Gasteiger partial charge in [-0.25, -0.2) is 4.39 Å². The van der Waals surface area contributed by atoms with Crippen molar-refractivity contribution in [3.05, 3.63) is 39.7 Å². The second-order valence-corrected chi connectivity index (χ2v) is 5.10. The highest BCUT2D eigenvalue weighted by molar-refractivity contribution is 5.98. The van der Waals surface area contributed by atoms with E-state index in [2.05, 4.69) is 0 Å². The molecule has 1 saturated heterocycles.